The van der Waals surface area contributed by atoms with Crippen molar-refractivity contribution in [3.05, 3.63) is 0 Å². The number of amides is 1. The zero-order valence-electron chi connectivity index (χ0n) is 9.40. The molecule has 0 spiro atoms. The molecule has 0 saturated carbocycles. The second-order valence-electron chi connectivity index (χ2n) is 4.01. The lowest BCUT2D eigenvalue weighted by molar-refractivity contribution is -0.134. The summed E-state index contributed by atoms with van der Waals surface area (Å²) in [5.74, 6) is -0.414. The van der Waals surface area contributed by atoms with Gasteiger partial charge in [0, 0.05) is 13.7 Å². The SMILES string of the molecule is CC(C(=O)N(C)C1CCOC1C)C(N)=S. The molecule has 3 atom stereocenters. The molecule has 0 aromatic carbocycles. The molecule has 86 valence electrons. The molecule has 0 aromatic rings. The molecule has 1 amide bonds. The Hall–Kier alpha value is -0.680. The number of thiocarbonyl (C=S) groups is 1. The van der Waals surface area contributed by atoms with Crippen molar-refractivity contribution in [1.29, 1.82) is 0 Å². The molecule has 2 N–H and O–H groups in total. The third-order valence-electron chi connectivity index (χ3n) is 2.98. The lowest BCUT2D eigenvalue weighted by Crippen LogP contribution is -2.45. The van der Waals surface area contributed by atoms with Crippen LogP contribution in [-0.2, 0) is 9.53 Å². The first-order valence-electron chi connectivity index (χ1n) is 5.12. The van der Waals surface area contributed by atoms with Crippen LogP contribution in [0, 0.1) is 5.92 Å². The van der Waals surface area contributed by atoms with Gasteiger partial charge in [-0.3, -0.25) is 4.79 Å². The fourth-order valence-corrected chi connectivity index (χ4v) is 1.92. The van der Waals surface area contributed by atoms with Gasteiger partial charge in [-0.2, -0.15) is 0 Å². The standard InChI is InChI=1S/C10H18N2O2S/c1-6(9(11)15)10(13)12(3)8-4-5-14-7(8)2/h6-8H,4-5H2,1-3H3,(H2,11,15). The van der Waals surface area contributed by atoms with Crippen LogP contribution < -0.4 is 5.73 Å². The molecule has 0 aromatic heterocycles. The van der Waals surface area contributed by atoms with Crippen LogP contribution in [0.4, 0.5) is 0 Å². The molecule has 4 nitrogen and oxygen atoms in total. The van der Waals surface area contributed by atoms with Crippen LogP contribution >= 0.6 is 12.2 Å². The van der Waals surface area contributed by atoms with Gasteiger partial charge in [0.2, 0.25) is 5.91 Å². The number of carbonyl (C=O) groups is 1. The van der Waals surface area contributed by atoms with Gasteiger partial charge in [0.05, 0.1) is 23.1 Å². The first kappa shape index (κ1) is 12.4. The minimum Gasteiger partial charge on any atom is -0.393 e. The molecule has 0 radical (unpaired) electrons. The topological polar surface area (TPSA) is 55.6 Å². The van der Waals surface area contributed by atoms with Crippen molar-refractivity contribution >= 4 is 23.1 Å². The van der Waals surface area contributed by atoms with E-state index in [4.69, 9.17) is 22.7 Å². The molecule has 1 aliphatic heterocycles. The highest BCUT2D eigenvalue weighted by Crippen LogP contribution is 2.19. The number of hydrogen-bond acceptors (Lipinski definition) is 3. The fraction of sp³-hybridized carbons (Fsp3) is 0.800. The molecular weight excluding hydrogens is 212 g/mol. The maximum Gasteiger partial charge on any atom is 0.232 e. The number of rotatable bonds is 3. The molecule has 0 aliphatic carbocycles. The molecule has 1 rings (SSSR count). The Bertz CT molecular complexity index is 270. The van der Waals surface area contributed by atoms with Crippen molar-refractivity contribution in [2.24, 2.45) is 11.7 Å². The van der Waals surface area contributed by atoms with Crippen molar-refractivity contribution in [2.45, 2.75) is 32.4 Å². The summed E-state index contributed by atoms with van der Waals surface area (Å²) in [6.07, 6.45) is 0.977. The van der Waals surface area contributed by atoms with Crippen LogP contribution in [0.1, 0.15) is 20.3 Å². The second-order valence-corrected chi connectivity index (χ2v) is 4.48. The Balaban J connectivity index is 2.63. The predicted octanol–water partition coefficient (Wildman–Crippen LogP) is 0.544. The van der Waals surface area contributed by atoms with Gasteiger partial charge in [0.25, 0.3) is 0 Å². The quantitative estimate of drug-likeness (QED) is 0.719. The highest BCUT2D eigenvalue weighted by molar-refractivity contribution is 7.80. The summed E-state index contributed by atoms with van der Waals surface area (Å²) in [4.78, 5) is 13.9. The number of likely N-dealkylation sites (N-methyl/N-ethyl adjacent to an activating group) is 1. The van der Waals surface area contributed by atoms with Gasteiger partial charge >= 0.3 is 0 Å². The normalized spacial score (nSPS) is 27.4. The third kappa shape index (κ3) is 2.66. The first-order chi connectivity index (χ1) is 6.95. The molecule has 5 heteroatoms. The molecule has 3 unspecified atom stereocenters. The van der Waals surface area contributed by atoms with E-state index in [2.05, 4.69) is 0 Å². The van der Waals surface area contributed by atoms with E-state index in [0.717, 1.165) is 6.42 Å². The van der Waals surface area contributed by atoms with Crippen molar-refractivity contribution in [3.8, 4) is 0 Å². The monoisotopic (exact) mass is 230 g/mol. The minimum atomic E-state index is -0.391. The Morgan fingerprint density at radius 1 is 1.67 bits per heavy atom. The van der Waals surface area contributed by atoms with Gasteiger partial charge in [-0.05, 0) is 20.3 Å². The number of ether oxygens (including phenoxy) is 1. The van der Waals surface area contributed by atoms with Gasteiger partial charge in [-0.25, -0.2) is 0 Å². The van der Waals surface area contributed by atoms with Crippen LogP contribution in [0.25, 0.3) is 0 Å². The smallest absolute Gasteiger partial charge is 0.232 e. The maximum atomic E-state index is 11.9. The summed E-state index contributed by atoms with van der Waals surface area (Å²) in [7, 11) is 1.78. The molecule has 15 heavy (non-hydrogen) atoms. The van der Waals surface area contributed by atoms with E-state index in [0.29, 0.717) is 6.61 Å². The molecule has 1 aliphatic rings. The van der Waals surface area contributed by atoms with Crippen LogP contribution in [0.15, 0.2) is 0 Å². The van der Waals surface area contributed by atoms with E-state index in [-0.39, 0.29) is 23.0 Å². The van der Waals surface area contributed by atoms with E-state index in [1.54, 1.807) is 18.9 Å². The van der Waals surface area contributed by atoms with Crippen molar-refractivity contribution < 1.29 is 9.53 Å². The second kappa shape index (κ2) is 4.90. The summed E-state index contributed by atoms with van der Waals surface area (Å²) in [5.41, 5.74) is 5.46. The Morgan fingerprint density at radius 2 is 2.27 bits per heavy atom. The maximum absolute atomic E-state index is 11.9. The highest BCUT2D eigenvalue weighted by Gasteiger charge is 2.32. The average Bonchev–Trinajstić information content (AvgIpc) is 2.60. The summed E-state index contributed by atoms with van der Waals surface area (Å²) >= 11 is 4.82. The molecule has 0 bridgehead atoms. The number of nitrogens with two attached hydrogens (primary N) is 1. The summed E-state index contributed by atoms with van der Waals surface area (Å²) < 4.78 is 5.42. The van der Waals surface area contributed by atoms with Gasteiger partial charge in [-0.15, -0.1) is 0 Å². The zero-order chi connectivity index (χ0) is 11.6. The average molecular weight is 230 g/mol. The highest BCUT2D eigenvalue weighted by atomic mass is 32.1. The molecule has 1 heterocycles. The van der Waals surface area contributed by atoms with Gasteiger partial charge in [-0.1, -0.05) is 12.2 Å². The predicted molar refractivity (Wildman–Crippen MR) is 62.5 cm³/mol. The summed E-state index contributed by atoms with van der Waals surface area (Å²) in [6.45, 7) is 4.43. The molecular formula is C10H18N2O2S. The van der Waals surface area contributed by atoms with E-state index in [9.17, 15) is 4.79 Å². The van der Waals surface area contributed by atoms with Crippen LogP contribution in [0.5, 0.6) is 0 Å². The first-order valence-corrected chi connectivity index (χ1v) is 5.53. The van der Waals surface area contributed by atoms with Gasteiger partial charge in [0.1, 0.15) is 0 Å². The Kier molecular flexibility index (Phi) is 4.04. The van der Waals surface area contributed by atoms with Crippen LogP contribution in [-0.4, -0.2) is 41.6 Å². The molecule has 1 fully saturated rings. The minimum absolute atomic E-state index is 0.0233. The van der Waals surface area contributed by atoms with Crippen LogP contribution in [0.2, 0.25) is 0 Å². The van der Waals surface area contributed by atoms with E-state index < -0.39 is 5.92 Å². The van der Waals surface area contributed by atoms with Gasteiger partial charge in [0.15, 0.2) is 0 Å². The Labute approximate surface area is 95.8 Å². The molecule has 1 saturated heterocycles. The van der Waals surface area contributed by atoms with E-state index in [1.165, 1.54) is 0 Å². The van der Waals surface area contributed by atoms with E-state index >= 15 is 0 Å². The largest absolute Gasteiger partial charge is 0.393 e. The number of nitrogens with zero attached hydrogens (tertiary/aromatic N) is 1. The fourth-order valence-electron chi connectivity index (χ4n) is 1.82. The van der Waals surface area contributed by atoms with Crippen molar-refractivity contribution in [3.63, 3.8) is 0 Å². The van der Waals surface area contributed by atoms with Gasteiger partial charge < -0.3 is 15.4 Å². The number of hydrogen-bond donors (Lipinski definition) is 1. The summed E-state index contributed by atoms with van der Waals surface area (Å²) in [6, 6.07) is 0.147. The third-order valence-corrected chi connectivity index (χ3v) is 3.33. The number of carbonyl (C=O) groups excluding carboxylic acids is 1. The lowest BCUT2D eigenvalue weighted by Gasteiger charge is -2.28. The van der Waals surface area contributed by atoms with Crippen LogP contribution in [0.3, 0.4) is 0 Å². The van der Waals surface area contributed by atoms with Crippen molar-refractivity contribution in [1.82, 2.24) is 4.90 Å². The van der Waals surface area contributed by atoms with Crippen molar-refractivity contribution in [2.75, 3.05) is 13.7 Å². The zero-order valence-corrected chi connectivity index (χ0v) is 10.2. The lowest BCUT2D eigenvalue weighted by atomic mass is 10.1. The summed E-state index contributed by atoms with van der Waals surface area (Å²) in [5, 5.41) is 0. The Morgan fingerprint density at radius 3 is 2.67 bits per heavy atom. The van der Waals surface area contributed by atoms with E-state index in [1.807, 2.05) is 6.92 Å².